The van der Waals surface area contributed by atoms with Crippen LogP contribution in [0.5, 0.6) is 0 Å². The average Bonchev–Trinajstić information content (AvgIpc) is 3.04. The first kappa shape index (κ1) is 13.8. The van der Waals surface area contributed by atoms with Gasteiger partial charge in [-0.05, 0) is 19.4 Å². The van der Waals surface area contributed by atoms with Crippen LogP contribution >= 0.6 is 11.3 Å². The molecule has 1 atom stereocenters. The Morgan fingerprint density at radius 1 is 1.63 bits per heavy atom. The van der Waals surface area contributed by atoms with Crippen LogP contribution in [0.15, 0.2) is 22.1 Å². The van der Waals surface area contributed by atoms with E-state index in [1.54, 1.807) is 6.07 Å². The summed E-state index contributed by atoms with van der Waals surface area (Å²) < 4.78 is 5.35. The fourth-order valence-electron chi connectivity index (χ4n) is 1.61. The van der Waals surface area contributed by atoms with E-state index >= 15 is 0 Å². The van der Waals surface area contributed by atoms with Crippen molar-refractivity contribution in [3.05, 3.63) is 28.3 Å². The van der Waals surface area contributed by atoms with Crippen LogP contribution in [0.3, 0.4) is 0 Å². The van der Waals surface area contributed by atoms with E-state index in [4.69, 9.17) is 9.52 Å². The summed E-state index contributed by atoms with van der Waals surface area (Å²) in [7, 11) is 0. The highest BCUT2D eigenvalue weighted by molar-refractivity contribution is 7.09. The smallest absolute Gasteiger partial charge is 0.254 e. The van der Waals surface area contributed by atoms with Crippen molar-refractivity contribution in [3.8, 4) is 11.5 Å². The Morgan fingerprint density at radius 2 is 2.42 bits per heavy atom. The summed E-state index contributed by atoms with van der Waals surface area (Å²) in [5.41, 5.74) is 1.17. The molecule has 0 spiro atoms. The van der Waals surface area contributed by atoms with Crippen molar-refractivity contribution in [2.75, 3.05) is 6.61 Å². The average molecular weight is 280 g/mol. The van der Waals surface area contributed by atoms with Crippen molar-refractivity contribution in [2.45, 2.75) is 26.3 Å². The lowest BCUT2D eigenvalue weighted by atomic mass is 10.2. The Hall–Kier alpha value is -1.66. The summed E-state index contributed by atoms with van der Waals surface area (Å²) in [6.45, 7) is 3.75. The molecule has 0 radical (unpaired) electrons. The maximum absolute atomic E-state index is 11.9. The number of nitrogens with zero attached hydrogens (tertiary/aromatic N) is 1. The summed E-state index contributed by atoms with van der Waals surface area (Å²) in [5.74, 6) is 0.328. The maximum atomic E-state index is 11.9. The molecule has 0 fully saturated rings. The van der Waals surface area contributed by atoms with Crippen molar-refractivity contribution in [1.29, 1.82) is 0 Å². The number of aromatic nitrogens is 1. The Kier molecular flexibility index (Phi) is 4.34. The third-order valence-electron chi connectivity index (χ3n) is 2.78. The Labute approximate surface area is 115 Å². The van der Waals surface area contributed by atoms with Gasteiger partial charge < -0.3 is 14.8 Å². The molecule has 6 heteroatoms. The van der Waals surface area contributed by atoms with Gasteiger partial charge in [0.2, 0.25) is 0 Å². The zero-order valence-electron chi connectivity index (χ0n) is 10.8. The molecule has 0 saturated heterocycles. The van der Waals surface area contributed by atoms with Crippen LogP contribution in [0.4, 0.5) is 0 Å². The molecule has 2 aromatic heterocycles. The van der Waals surface area contributed by atoms with E-state index in [0.717, 1.165) is 10.7 Å². The van der Waals surface area contributed by atoms with E-state index in [9.17, 15) is 4.79 Å². The highest BCUT2D eigenvalue weighted by Gasteiger charge is 2.15. The molecule has 0 aliphatic rings. The van der Waals surface area contributed by atoms with E-state index in [2.05, 4.69) is 10.3 Å². The van der Waals surface area contributed by atoms with Crippen LogP contribution in [-0.2, 0) is 0 Å². The molecule has 19 heavy (non-hydrogen) atoms. The van der Waals surface area contributed by atoms with Gasteiger partial charge in [-0.3, -0.25) is 4.79 Å². The number of hydrogen-bond acceptors (Lipinski definition) is 5. The van der Waals surface area contributed by atoms with Crippen LogP contribution in [0, 0.1) is 6.92 Å². The number of aliphatic hydroxyl groups excluding tert-OH is 1. The second-order valence-electron chi connectivity index (χ2n) is 4.21. The predicted octanol–water partition coefficient (Wildman–Crippen LogP) is 2.21. The number of carbonyl (C=O) groups is 1. The van der Waals surface area contributed by atoms with Gasteiger partial charge in [0.1, 0.15) is 12.0 Å². The van der Waals surface area contributed by atoms with Gasteiger partial charge in [-0.2, -0.15) is 0 Å². The first-order chi connectivity index (χ1) is 9.13. The summed E-state index contributed by atoms with van der Waals surface area (Å²) in [5, 5.41) is 14.6. The van der Waals surface area contributed by atoms with Gasteiger partial charge in [-0.15, -0.1) is 11.3 Å². The second-order valence-corrected chi connectivity index (χ2v) is 5.27. The van der Waals surface area contributed by atoms with Gasteiger partial charge in [0.05, 0.1) is 23.2 Å². The molecule has 0 saturated carbocycles. The molecule has 0 bridgehead atoms. The molecule has 102 valence electrons. The lowest BCUT2D eigenvalue weighted by Crippen LogP contribution is -2.36. The van der Waals surface area contributed by atoms with Crippen LogP contribution in [-0.4, -0.2) is 28.6 Å². The molecule has 2 N–H and O–H groups in total. The molecule has 0 aromatic carbocycles. The van der Waals surface area contributed by atoms with Crippen LogP contribution in [0.1, 0.15) is 28.7 Å². The first-order valence-electron chi connectivity index (χ1n) is 6.06. The van der Waals surface area contributed by atoms with E-state index in [0.29, 0.717) is 17.7 Å². The number of furan rings is 1. The number of carbonyl (C=O) groups excluding carboxylic acids is 1. The number of rotatable bonds is 5. The second kappa shape index (κ2) is 5.99. The standard InChI is InChI=1S/C13H16N2O3S/c1-3-10(5-16)15-13(17)9-4-12(18-6-9)11-7-19-8(2)14-11/h4,6-7,10,16H,3,5H2,1-2H3,(H,15,17). The fourth-order valence-corrected chi connectivity index (χ4v) is 2.21. The number of amides is 1. The molecular weight excluding hydrogens is 264 g/mol. The SMILES string of the molecule is CCC(CO)NC(=O)c1coc(-c2csc(C)n2)c1. The van der Waals surface area contributed by atoms with Gasteiger partial charge in [-0.1, -0.05) is 6.92 Å². The van der Waals surface area contributed by atoms with E-state index in [1.807, 2.05) is 19.2 Å². The number of aliphatic hydroxyl groups is 1. The van der Waals surface area contributed by atoms with Gasteiger partial charge in [0.25, 0.3) is 5.91 Å². The molecular formula is C13H16N2O3S. The van der Waals surface area contributed by atoms with E-state index in [1.165, 1.54) is 17.6 Å². The summed E-state index contributed by atoms with van der Waals surface area (Å²) in [4.78, 5) is 16.2. The van der Waals surface area contributed by atoms with Crippen molar-refractivity contribution in [1.82, 2.24) is 10.3 Å². The minimum atomic E-state index is -0.247. The van der Waals surface area contributed by atoms with Crippen LogP contribution in [0.25, 0.3) is 11.5 Å². The maximum Gasteiger partial charge on any atom is 0.254 e. The lowest BCUT2D eigenvalue weighted by molar-refractivity contribution is 0.0914. The quantitative estimate of drug-likeness (QED) is 0.880. The molecule has 2 heterocycles. The molecule has 1 amide bonds. The van der Waals surface area contributed by atoms with Gasteiger partial charge >= 0.3 is 0 Å². The Balaban J connectivity index is 2.10. The van der Waals surface area contributed by atoms with E-state index in [-0.39, 0.29) is 18.6 Å². The normalized spacial score (nSPS) is 12.4. The monoisotopic (exact) mass is 280 g/mol. The van der Waals surface area contributed by atoms with Gasteiger partial charge in [0, 0.05) is 5.38 Å². The van der Waals surface area contributed by atoms with Gasteiger partial charge in [0.15, 0.2) is 5.76 Å². The van der Waals surface area contributed by atoms with Crippen molar-refractivity contribution < 1.29 is 14.3 Å². The highest BCUT2D eigenvalue weighted by atomic mass is 32.1. The van der Waals surface area contributed by atoms with Crippen LogP contribution in [0.2, 0.25) is 0 Å². The first-order valence-corrected chi connectivity index (χ1v) is 6.94. The lowest BCUT2D eigenvalue weighted by Gasteiger charge is -2.12. The topological polar surface area (TPSA) is 75.4 Å². The Morgan fingerprint density at radius 3 is 3.00 bits per heavy atom. The third-order valence-corrected chi connectivity index (χ3v) is 3.56. The summed E-state index contributed by atoms with van der Waals surface area (Å²) in [6, 6.07) is 1.43. The molecule has 0 aliphatic carbocycles. The number of nitrogens with one attached hydrogen (secondary N) is 1. The van der Waals surface area contributed by atoms with Crippen molar-refractivity contribution in [3.63, 3.8) is 0 Å². The predicted molar refractivity (Wildman–Crippen MR) is 73.2 cm³/mol. The van der Waals surface area contributed by atoms with E-state index < -0.39 is 0 Å². The molecule has 2 rings (SSSR count). The Bertz CT molecular complexity index is 558. The minimum absolute atomic E-state index is 0.0712. The number of aryl methyl sites for hydroxylation is 1. The van der Waals surface area contributed by atoms with Crippen molar-refractivity contribution >= 4 is 17.2 Å². The molecule has 1 unspecified atom stereocenters. The minimum Gasteiger partial charge on any atom is -0.462 e. The molecule has 2 aromatic rings. The largest absolute Gasteiger partial charge is 0.462 e. The van der Waals surface area contributed by atoms with Crippen molar-refractivity contribution in [2.24, 2.45) is 0 Å². The third kappa shape index (κ3) is 3.21. The van der Waals surface area contributed by atoms with Crippen LogP contribution < -0.4 is 5.32 Å². The number of hydrogen-bond donors (Lipinski definition) is 2. The summed E-state index contributed by atoms with van der Waals surface area (Å²) in [6.07, 6.45) is 2.08. The molecule has 5 nitrogen and oxygen atoms in total. The van der Waals surface area contributed by atoms with Gasteiger partial charge in [-0.25, -0.2) is 4.98 Å². The zero-order chi connectivity index (χ0) is 13.8. The summed E-state index contributed by atoms with van der Waals surface area (Å²) >= 11 is 1.53. The molecule has 0 aliphatic heterocycles. The number of thiazole rings is 1. The zero-order valence-corrected chi connectivity index (χ0v) is 11.7. The fraction of sp³-hybridized carbons (Fsp3) is 0.385. The highest BCUT2D eigenvalue weighted by Crippen LogP contribution is 2.23.